The van der Waals surface area contributed by atoms with Crippen molar-refractivity contribution in [1.82, 2.24) is 4.57 Å². The number of para-hydroxylation sites is 3. The average Bonchev–Trinajstić information content (AvgIpc) is 3.70. The van der Waals surface area contributed by atoms with Crippen molar-refractivity contribution in [3.8, 4) is 27.9 Å². The second-order valence-corrected chi connectivity index (χ2v) is 11.6. The molecule has 2 nitrogen and oxygen atoms in total. The van der Waals surface area contributed by atoms with Crippen LogP contribution in [0.2, 0.25) is 0 Å². The Kier molecular flexibility index (Phi) is 4.80. The van der Waals surface area contributed by atoms with E-state index in [-0.39, 0.29) is 0 Å². The molecule has 0 radical (unpaired) electrons. The maximum absolute atomic E-state index is 6.84. The van der Waals surface area contributed by atoms with Gasteiger partial charge in [-0.15, -0.1) is 11.3 Å². The zero-order valence-corrected chi connectivity index (χ0v) is 22.9. The van der Waals surface area contributed by atoms with Gasteiger partial charge in [0, 0.05) is 42.2 Å². The van der Waals surface area contributed by atoms with E-state index in [2.05, 4.69) is 144 Å². The van der Waals surface area contributed by atoms with Crippen LogP contribution in [0.3, 0.4) is 0 Å². The second-order valence-electron chi connectivity index (χ2n) is 10.5. The first-order chi connectivity index (χ1) is 20.3. The van der Waals surface area contributed by atoms with Gasteiger partial charge in [-0.3, -0.25) is 0 Å². The fourth-order valence-corrected chi connectivity index (χ4v) is 7.56. The maximum Gasteiger partial charge on any atom is 0.161 e. The van der Waals surface area contributed by atoms with Gasteiger partial charge in [0.1, 0.15) is 11.1 Å². The second kappa shape index (κ2) is 8.69. The van der Waals surface area contributed by atoms with Crippen LogP contribution in [0.25, 0.3) is 81.1 Å². The summed E-state index contributed by atoms with van der Waals surface area (Å²) in [6.45, 7) is 0. The molecule has 0 aliphatic carbocycles. The minimum Gasteiger partial charge on any atom is -0.453 e. The van der Waals surface area contributed by atoms with Crippen molar-refractivity contribution < 1.29 is 4.42 Å². The lowest BCUT2D eigenvalue weighted by Gasteiger charge is -2.11. The first-order valence-corrected chi connectivity index (χ1v) is 14.7. The van der Waals surface area contributed by atoms with Crippen molar-refractivity contribution >= 4 is 64.5 Å². The minimum absolute atomic E-state index is 0.920. The SMILES string of the molecule is c1ccc(-n2c3ccccc3c3oc4c(-c5ccccc5-c5ccc6c(c5)sc5ccccc56)cccc4c32)cc1. The third-order valence-corrected chi connectivity index (χ3v) is 9.36. The summed E-state index contributed by atoms with van der Waals surface area (Å²) in [5.41, 5.74) is 9.93. The molecule has 0 bridgehead atoms. The summed E-state index contributed by atoms with van der Waals surface area (Å²) < 4.78 is 11.8. The van der Waals surface area contributed by atoms with E-state index in [1.807, 2.05) is 11.3 Å². The van der Waals surface area contributed by atoms with E-state index in [1.54, 1.807) is 0 Å². The highest BCUT2D eigenvalue weighted by Crippen LogP contribution is 2.44. The summed E-state index contributed by atoms with van der Waals surface area (Å²) in [7, 11) is 0. The summed E-state index contributed by atoms with van der Waals surface area (Å²) >= 11 is 1.86. The van der Waals surface area contributed by atoms with Crippen LogP contribution < -0.4 is 0 Å². The first-order valence-electron chi connectivity index (χ1n) is 13.9. The summed E-state index contributed by atoms with van der Waals surface area (Å²) in [6, 6.07) is 49.9. The third kappa shape index (κ3) is 3.30. The zero-order chi connectivity index (χ0) is 26.9. The Morgan fingerprint density at radius 1 is 0.463 bits per heavy atom. The maximum atomic E-state index is 6.84. The molecule has 0 aliphatic rings. The third-order valence-electron chi connectivity index (χ3n) is 8.22. The Balaban J connectivity index is 1.30. The van der Waals surface area contributed by atoms with Gasteiger partial charge >= 0.3 is 0 Å². The molecule has 9 rings (SSSR count). The standard InChI is InChI=1S/C38H23NOS/c1-2-11-25(12-3-1)39-33-19-8-6-16-31(33)38-36(39)32-18-10-17-30(37(32)40-38)27-14-5-4-13-26(27)24-21-22-29-28-15-7-9-20-34(28)41-35(29)23-24/h1-23H. The molecule has 0 saturated carbocycles. The van der Waals surface area contributed by atoms with E-state index in [4.69, 9.17) is 4.42 Å². The minimum atomic E-state index is 0.920. The molecule has 41 heavy (non-hydrogen) atoms. The molecule has 0 atom stereocenters. The Hall–Kier alpha value is -5.12. The van der Waals surface area contributed by atoms with Crippen molar-refractivity contribution in [3.05, 3.63) is 140 Å². The van der Waals surface area contributed by atoms with Crippen molar-refractivity contribution in [2.75, 3.05) is 0 Å². The smallest absolute Gasteiger partial charge is 0.161 e. The van der Waals surface area contributed by atoms with Crippen molar-refractivity contribution in [3.63, 3.8) is 0 Å². The predicted molar refractivity (Wildman–Crippen MR) is 174 cm³/mol. The van der Waals surface area contributed by atoms with Gasteiger partial charge in [-0.25, -0.2) is 0 Å². The molecule has 0 aliphatic heterocycles. The fraction of sp³-hybridized carbons (Fsp3) is 0. The molecule has 3 heterocycles. The van der Waals surface area contributed by atoms with Crippen LogP contribution in [0.1, 0.15) is 0 Å². The molecule has 0 N–H and O–H groups in total. The van der Waals surface area contributed by atoms with Crippen LogP contribution in [-0.4, -0.2) is 4.57 Å². The number of thiophene rings is 1. The van der Waals surface area contributed by atoms with E-state index in [0.717, 1.165) is 44.2 Å². The molecular weight excluding hydrogens is 518 g/mol. The summed E-state index contributed by atoms with van der Waals surface area (Å²) in [4.78, 5) is 0. The highest BCUT2D eigenvalue weighted by atomic mass is 32.1. The Bertz CT molecular complexity index is 2420. The molecule has 6 aromatic carbocycles. The van der Waals surface area contributed by atoms with Crippen LogP contribution in [0.4, 0.5) is 0 Å². The molecule has 0 saturated heterocycles. The number of nitrogens with zero attached hydrogens (tertiary/aromatic N) is 1. The molecule has 3 aromatic heterocycles. The molecular formula is C38H23NOS. The van der Waals surface area contributed by atoms with E-state index in [1.165, 1.54) is 36.9 Å². The van der Waals surface area contributed by atoms with Gasteiger partial charge in [0.2, 0.25) is 0 Å². The zero-order valence-electron chi connectivity index (χ0n) is 22.0. The van der Waals surface area contributed by atoms with Crippen molar-refractivity contribution in [2.24, 2.45) is 0 Å². The molecule has 3 heteroatoms. The number of furan rings is 1. The molecule has 0 fully saturated rings. The van der Waals surface area contributed by atoms with Gasteiger partial charge in [-0.05, 0) is 59.2 Å². The summed E-state index contributed by atoms with van der Waals surface area (Å²) in [5.74, 6) is 0. The van der Waals surface area contributed by atoms with Crippen LogP contribution in [0.5, 0.6) is 0 Å². The lowest BCUT2D eigenvalue weighted by molar-refractivity contribution is 0.674. The largest absolute Gasteiger partial charge is 0.453 e. The lowest BCUT2D eigenvalue weighted by atomic mass is 9.93. The van der Waals surface area contributed by atoms with Gasteiger partial charge in [0.05, 0.1) is 5.52 Å². The number of rotatable bonds is 3. The Labute approximate surface area is 240 Å². The fourth-order valence-electron chi connectivity index (χ4n) is 6.41. The van der Waals surface area contributed by atoms with Crippen molar-refractivity contribution in [1.29, 1.82) is 0 Å². The Morgan fingerprint density at radius 2 is 1.15 bits per heavy atom. The van der Waals surface area contributed by atoms with Crippen molar-refractivity contribution in [2.45, 2.75) is 0 Å². The predicted octanol–water partition coefficient (Wildman–Crippen LogP) is 11.2. The highest BCUT2D eigenvalue weighted by Gasteiger charge is 2.22. The molecule has 9 aromatic rings. The number of hydrogen-bond donors (Lipinski definition) is 0. The van der Waals surface area contributed by atoms with E-state index >= 15 is 0 Å². The average molecular weight is 542 g/mol. The van der Waals surface area contributed by atoms with Crippen LogP contribution in [0, 0.1) is 0 Å². The topological polar surface area (TPSA) is 18.1 Å². The van der Waals surface area contributed by atoms with Gasteiger partial charge in [-0.1, -0.05) is 97.1 Å². The van der Waals surface area contributed by atoms with Crippen LogP contribution in [-0.2, 0) is 0 Å². The number of fused-ring (bicyclic) bond motifs is 8. The number of benzene rings is 6. The highest BCUT2D eigenvalue weighted by molar-refractivity contribution is 7.25. The van der Waals surface area contributed by atoms with Gasteiger partial charge < -0.3 is 8.98 Å². The lowest BCUT2D eigenvalue weighted by Crippen LogP contribution is -1.93. The summed E-state index contributed by atoms with van der Waals surface area (Å²) in [6.07, 6.45) is 0. The normalized spacial score (nSPS) is 11.9. The molecule has 0 amide bonds. The monoisotopic (exact) mass is 541 g/mol. The first kappa shape index (κ1) is 22.7. The van der Waals surface area contributed by atoms with E-state index in [0.29, 0.717) is 0 Å². The van der Waals surface area contributed by atoms with Gasteiger partial charge in [-0.2, -0.15) is 0 Å². The van der Waals surface area contributed by atoms with Gasteiger partial charge in [0.25, 0.3) is 0 Å². The van der Waals surface area contributed by atoms with Gasteiger partial charge in [0.15, 0.2) is 5.58 Å². The molecule has 0 unspecified atom stereocenters. The number of aromatic nitrogens is 1. The Morgan fingerprint density at radius 3 is 2.05 bits per heavy atom. The molecule has 192 valence electrons. The quantitative estimate of drug-likeness (QED) is 0.217. The van der Waals surface area contributed by atoms with Crippen LogP contribution >= 0.6 is 11.3 Å². The number of hydrogen-bond acceptors (Lipinski definition) is 2. The van der Waals surface area contributed by atoms with E-state index < -0.39 is 0 Å². The van der Waals surface area contributed by atoms with Crippen LogP contribution in [0.15, 0.2) is 144 Å². The van der Waals surface area contributed by atoms with E-state index in [9.17, 15) is 0 Å². The summed E-state index contributed by atoms with van der Waals surface area (Å²) in [5, 5.41) is 4.88. The molecule has 0 spiro atoms.